The number of para-hydroxylation sites is 1. The first-order chi connectivity index (χ1) is 13.0. The lowest BCUT2D eigenvalue weighted by molar-refractivity contribution is -0.116. The largest absolute Gasteiger partial charge is 0.384 e. The van der Waals surface area contributed by atoms with Gasteiger partial charge in [-0.2, -0.15) is 4.39 Å². The van der Waals surface area contributed by atoms with Gasteiger partial charge in [0.1, 0.15) is 4.99 Å². The topological polar surface area (TPSA) is 54.0 Å². The lowest BCUT2D eigenvalue weighted by Crippen LogP contribution is -2.32. The summed E-state index contributed by atoms with van der Waals surface area (Å²) in [6, 6.07) is 12.7. The van der Waals surface area contributed by atoms with Gasteiger partial charge in [0, 0.05) is 30.5 Å². The summed E-state index contributed by atoms with van der Waals surface area (Å²) in [5, 5.41) is 6.51. The Labute approximate surface area is 162 Å². The maximum Gasteiger partial charge on any atom is 0.213 e. The second-order valence-corrected chi connectivity index (χ2v) is 7.70. The second kappa shape index (κ2) is 7.19. The third-order valence-electron chi connectivity index (χ3n) is 5.18. The fourth-order valence-corrected chi connectivity index (χ4v) is 3.90. The van der Waals surface area contributed by atoms with Crippen molar-refractivity contribution in [2.75, 3.05) is 5.32 Å². The number of thiocarbonyl (C=S) groups is 1. The Hall–Kier alpha value is -2.60. The lowest BCUT2D eigenvalue weighted by Gasteiger charge is -2.27. The molecule has 1 fully saturated rings. The van der Waals surface area contributed by atoms with E-state index >= 15 is 0 Å². The average molecular weight is 381 g/mol. The van der Waals surface area contributed by atoms with E-state index < -0.39 is 5.95 Å². The van der Waals surface area contributed by atoms with E-state index in [1.54, 1.807) is 6.07 Å². The van der Waals surface area contributed by atoms with Crippen LogP contribution in [-0.2, 0) is 11.3 Å². The number of ketones is 1. The highest BCUT2D eigenvalue weighted by atomic mass is 32.1. The van der Waals surface area contributed by atoms with Crippen LogP contribution in [0, 0.1) is 11.4 Å². The number of aromatic nitrogens is 1. The van der Waals surface area contributed by atoms with Crippen LogP contribution < -0.4 is 10.6 Å². The second-order valence-electron chi connectivity index (χ2n) is 7.29. The number of hydrogen-bond acceptors (Lipinski definition) is 4. The molecule has 0 amide bonds. The molecule has 0 atom stereocenters. The van der Waals surface area contributed by atoms with E-state index in [2.05, 4.69) is 15.6 Å². The summed E-state index contributed by atoms with van der Waals surface area (Å²) in [7, 11) is 0. The predicted octanol–water partition coefficient (Wildman–Crippen LogP) is 4.15. The zero-order valence-corrected chi connectivity index (χ0v) is 15.6. The summed E-state index contributed by atoms with van der Waals surface area (Å²) < 4.78 is 13.3. The first-order valence-electron chi connectivity index (χ1n) is 9.02. The molecule has 27 heavy (non-hydrogen) atoms. The monoisotopic (exact) mass is 381 g/mol. The third-order valence-corrected chi connectivity index (χ3v) is 5.49. The number of nitrogens with one attached hydrogen (secondary N) is 2. The molecule has 0 radical (unpaired) electrons. The van der Waals surface area contributed by atoms with Crippen LogP contribution in [0.2, 0.25) is 0 Å². The van der Waals surface area contributed by atoms with Crippen molar-refractivity contribution < 1.29 is 9.18 Å². The minimum atomic E-state index is -0.511. The van der Waals surface area contributed by atoms with Crippen molar-refractivity contribution in [1.29, 1.82) is 0 Å². The van der Waals surface area contributed by atoms with E-state index in [1.807, 2.05) is 30.3 Å². The molecule has 1 heterocycles. The molecule has 1 spiro atoms. The average Bonchev–Trinajstić information content (AvgIpc) is 3.38. The van der Waals surface area contributed by atoms with Gasteiger partial charge in [-0.15, -0.1) is 0 Å². The quantitative estimate of drug-likeness (QED) is 0.602. The van der Waals surface area contributed by atoms with Gasteiger partial charge in [-0.05, 0) is 54.5 Å². The highest BCUT2D eigenvalue weighted by Crippen LogP contribution is 2.56. The molecule has 2 N–H and O–H groups in total. The minimum absolute atomic E-state index is 0.0793. The summed E-state index contributed by atoms with van der Waals surface area (Å²) in [5.74, 6) is -0.432. The Morgan fingerprint density at radius 3 is 2.67 bits per heavy atom. The number of anilines is 1. The van der Waals surface area contributed by atoms with E-state index in [0.717, 1.165) is 36.2 Å². The third kappa shape index (κ3) is 4.06. The van der Waals surface area contributed by atoms with Crippen molar-refractivity contribution in [1.82, 2.24) is 10.3 Å². The molecule has 0 bridgehead atoms. The standard InChI is InChI=1S/C21H20FN3OS/c22-18-10-14(6-9-23-18)13-24-16-11-21(7-8-21)12-17(26)19(16)20(27)25-15-4-2-1-3-5-15/h1-6,9-10,24H,7-8,11-13H2,(H,25,27). The summed E-state index contributed by atoms with van der Waals surface area (Å²) in [6.45, 7) is 0.426. The Kier molecular flexibility index (Phi) is 4.74. The Morgan fingerprint density at radius 1 is 1.19 bits per heavy atom. The molecule has 1 aromatic heterocycles. The lowest BCUT2D eigenvalue weighted by atomic mass is 9.83. The maximum atomic E-state index is 13.3. The SMILES string of the molecule is O=C1CC2(CC2)CC(NCc2ccnc(F)c2)=C1C(=S)Nc1ccccc1. The van der Waals surface area contributed by atoms with Crippen LogP contribution in [0.25, 0.3) is 0 Å². The molecular formula is C21H20FN3OS. The molecule has 0 saturated heterocycles. The Morgan fingerprint density at radius 2 is 1.96 bits per heavy atom. The van der Waals surface area contributed by atoms with Gasteiger partial charge in [0.05, 0.1) is 5.57 Å². The van der Waals surface area contributed by atoms with Crippen molar-refractivity contribution in [3.8, 4) is 0 Å². The molecule has 0 unspecified atom stereocenters. The van der Waals surface area contributed by atoms with Crippen LogP contribution in [0.4, 0.5) is 10.1 Å². The van der Waals surface area contributed by atoms with Crippen LogP contribution >= 0.6 is 12.2 Å². The van der Waals surface area contributed by atoms with Gasteiger partial charge in [0.15, 0.2) is 5.78 Å². The Bertz CT molecular complexity index is 922. The van der Waals surface area contributed by atoms with Crippen molar-refractivity contribution in [2.45, 2.75) is 32.2 Å². The zero-order chi connectivity index (χ0) is 18.9. The number of pyridine rings is 1. The van der Waals surface area contributed by atoms with Gasteiger partial charge < -0.3 is 10.6 Å². The number of hydrogen-bond donors (Lipinski definition) is 2. The van der Waals surface area contributed by atoms with Crippen molar-refractivity contribution in [3.05, 3.63) is 71.4 Å². The van der Waals surface area contributed by atoms with Crippen molar-refractivity contribution in [2.24, 2.45) is 5.41 Å². The summed E-state index contributed by atoms with van der Waals surface area (Å²) >= 11 is 5.56. The van der Waals surface area contributed by atoms with Crippen molar-refractivity contribution in [3.63, 3.8) is 0 Å². The van der Waals surface area contributed by atoms with E-state index in [4.69, 9.17) is 12.2 Å². The minimum Gasteiger partial charge on any atom is -0.384 e. The highest BCUT2D eigenvalue weighted by Gasteiger charge is 2.49. The smallest absolute Gasteiger partial charge is 0.213 e. The van der Waals surface area contributed by atoms with Crippen molar-refractivity contribution >= 4 is 28.7 Å². The molecule has 4 rings (SSSR count). The number of carbonyl (C=O) groups is 1. The van der Waals surface area contributed by atoms with Gasteiger partial charge in [0.25, 0.3) is 0 Å². The fraction of sp³-hybridized carbons (Fsp3) is 0.286. The molecule has 2 aliphatic rings. The molecule has 0 aliphatic heterocycles. The Balaban J connectivity index is 1.58. The number of nitrogens with zero attached hydrogens (tertiary/aromatic N) is 1. The van der Waals surface area contributed by atoms with E-state index in [1.165, 1.54) is 12.3 Å². The van der Waals surface area contributed by atoms with Gasteiger partial charge >= 0.3 is 0 Å². The number of rotatable bonds is 5. The number of Topliss-reactive ketones (excluding diaryl/α,β-unsaturated/α-hetero) is 1. The molecule has 138 valence electrons. The molecule has 1 saturated carbocycles. The number of allylic oxidation sites excluding steroid dienone is 1. The van der Waals surface area contributed by atoms with E-state index in [9.17, 15) is 9.18 Å². The van der Waals surface area contributed by atoms with Gasteiger partial charge in [-0.1, -0.05) is 30.4 Å². The summed E-state index contributed by atoms with van der Waals surface area (Å²) in [4.78, 5) is 16.9. The first-order valence-corrected chi connectivity index (χ1v) is 9.43. The molecule has 6 heteroatoms. The highest BCUT2D eigenvalue weighted by molar-refractivity contribution is 7.81. The number of carbonyl (C=O) groups excluding carboxylic acids is 1. The zero-order valence-electron chi connectivity index (χ0n) is 14.8. The van der Waals surface area contributed by atoms with Crippen LogP contribution in [0.5, 0.6) is 0 Å². The number of halogens is 1. The molecule has 1 aromatic carbocycles. The molecule has 2 aliphatic carbocycles. The van der Waals surface area contributed by atoms with Crippen LogP contribution in [-0.4, -0.2) is 15.8 Å². The van der Waals surface area contributed by atoms with Gasteiger partial charge in [0.2, 0.25) is 5.95 Å². The molecule has 2 aromatic rings. The predicted molar refractivity (Wildman–Crippen MR) is 107 cm³/mol. The van der Waals surface area contributed by atoms with Crippen LogP contribution in [0.1, 0.15) is 31.2 Å². The van der Waals surface area contributed by atoms with Gasteiger partial charge in [-0.3, -0.25) is 4.79 Å². The molecular weight excluding hydrogens is 361 g/mol. The number of benzene rings is 1. The molecule has 4 nitrogen and oxygen atoms in total. The fourth-order valence-electron chi connectivity index (χ4n) is 3.54. The van der Waals surface area contributed by atoms with Crippen LogP contribution in [0.3, 0.4) is 0 Å². The van der Waals surface area contributed by atoms with E-state index in [-0.39, 0.29) is 11.2 Å². The normalized spacial score (nSPS) is 17.7. The van der Waals surface area contributed by atoms with Crippen LogP contribution in [0.15, 0.2) is 59.9 Å². The summed E-state index contributed by atoms with van der Waals surface area (Å²) in [6.07, 6.45) is 4.93. The van der Waals surface area contributed by atoms with E-state index in [0.29, 0.717) is 23.5 Å². The maximum absolute atomic E-state index is 13.3. The summed E-state index contributed by atoms with van der Waals surface area (Å²) in [5.41, 5.74) is 3.13. The van der Waals surface area contributed by atoms with Gasteiger partial charge in [-0.25, -0.2) is 4.98 Å². The first kappa shape index (κ1) is 17.8.